The van der Waals surface area contributed by atoms with Gasteiger partial charge in [-0.15, -0.1) is 0 Å². The minimum atomic E-state index is -3.76. The van der Waals surface area contributed by atoms with Crippen LogP contribution in [0.15, 0.2) is 83.8 Å². The summed E-state index contributed by atoms with van der Waals surface area (Å²) in [5, 5.41) is 0. The monoisotopic (exact) mass is 339 g/mol. The zero-order valence-corrected chi connectivity index (χ0v) is 14.0. The molecule has 0 unspecified atom stereocenters. The molecule has 0 saturated heterocycles. The van der Waals surface area contributed by atoms with E-state index in [2.05, 4.69) is 4.72 Å². The Hall–Kier alpha value is -2.50. The van der Waals surface area contributed by atoms with Crippen molar-refractivity contribution >= 4 is 15.8 Å². The molecule has 1 aliphatic carbocycles. The first kappa shape index (κ1) is 16.4. The molecule has 4 nitrogen and oxygen atoms in total. The minimum Gasteiger partial charge on any atom is -0.290 e. The largest absolute Gasteiger partial charge is 0.290 e. The highest BCUT2D eigenvalue weighted by Crippen LogP contribution is 2.29. The molecule has 0 saturated carbocycles. The fraction of sp³-hybridized carbons (Fsp3) is 0.105. The van der Waals surface area contributed by atoms with Gasteiger partial charge in [0.05, 0.1) is 10.4 Å². The van der Waals surface area contributed by atoms with Crippen molar-refractivity contribution < 1.29 is 13.2 Å². The third-order valence-corrected chi connectivity index (χ3v) is 5.41. The maximum Gasteiger partial charge on any atom is 0.241 e. The summed E-state index contributed by atoms with van der Waals surface area (Å²) in [5.41, 5.74) is 0.634. The Balaban J connectivity index is 2.05. The Labute approximate surface area is 141 Å². The molecule has 2 aromatic carbocycles. The fourth-order valence-electron chi connectivity index (χ4n) is 2.57. The Morgan fingerprint density at radius 2 is 1.46 bits per heavy atom. The normalized spacial score (nSPS) is 16.3. The maximum atomic E-state index is 12.8. The van der Waals surface area contributed by atoms with Crippen LogP contribution in [0.1, 0.15) is 11.1 Å². The predicted molar refractivity (Wildman–Crippen MR) is 92.9 cm³/mol. The molecule has 0 heterocycles. The van der Waals surface area contributed by atoms with Gasteiger partial charge in [0, 0.05) is 0 Å². The molecule has 1 N–H and O–H groups in total. The summed E-state index contributed by atoms with van der Waals surface area (Å²) in [5.74, 6) is -0.170. The number of benzene rings is 2. The summed E-state index contributed by atoms with van der Waals surface area (Å²) in [6.45, 7) is 1.90. The molecular formula is C19H17NO3S. The Bertz CT molecular complexity index is 895. The maximum absolute atomic E-state index is 12.8. The van der Waals surface area contributed by atoms with Crippen molar-refractivity contribution in [2.24, 2.45) is 0 Å². The van der Waals surface area contributed by atoms with Crippen LogP contribution in [-0.4, -0.2) is 14.2 Å². The number of hydrogen-bond acceptors (Lipinski definition) is 3. The van der Waals surface area contributed by atoms with Crippen molar-refractivity contribution in [2.75, 3.05) is 0 Å². The van der Waals surface area contributed by atoms with Crippen LogP contribution in [0.5, 0.6) is 0 Å². The molecule has 0 bridgehead atoms. The van der Waals surface area contributed by atoms with Crippen LogP contribution >= 0.6 is 0 Å². The molecule has 0 aliphatic heterocycles. The van der Waals surface area contributed by atoms with Crippen molar-refractivity contribution in [3.8, 4) is 0 Å². The molecule has 0 aromatic heterocycles. The van der Waals surface area contributed by atoms with Crippen molar-refractivity contribution in [3.05, 3.63) is 90.0 Å². The van der Waals surface area contributed by atoms with Gasteiger partial charge in [0.15, 0.2) is 5.78 Å². The molecule has 0 radical (unpaired) electrons. The van der Waals surface area contributed by atoms with Crippen molar-refractivity contribution in [1.29, 1.82) is 0 Å². The molecule has 122 valence electrons. The van der Waals surface area contributed by atoms with Gasteiger partial charge >= 0.3 is 0 Å². The molecule has 0 spiro atoms. The van der Waals surface area contributed by atoms with Crippen LogP contribution in [0.3, 0.4) is 0 Å². The number of sulfonamides is 1. The van der Waals surface area contributed by atoms with Gasteiger partial charge < -0.3 is 0 Å². The van der Waals surface area contributed by atoms with E-state index in [1.807, 2.05) is 37.3 Å². The van der Waals surface area contributed by atoms with Gasteiger partial charge in [0.2, 0.25) is 10.0 Å². The summed E-state index contributed by atoms with van der Waals surface area (Å²) in [6.07, 6.45) is 5.92. The van der Waals surface area contributed by atoms with E-state index >= 15 is 0 Å². The number of rotatable bonds is 4. The second-order valence-electron chi connectivity index (χ2n) is 5.72. The average Bonchev–Trinajstić information content (AvgIpc) is 2.58. The average molecular weight is 339 g/mol. The highest BCUT2D eigenvalue weighted by Gasteiger charge is 2.34. The van der Waals surface area contributed by atoms with E-state index in [9.17, 15) is 13.2 Å². The van der Waals surface area contributed by atoms with Crippen LogP contribution < -0.4 is 4.72 Å². The van der Waals surface area contributed by atoms with Crippen molar-refractivity contribution in [2.45, 2.75) is 17.4 Å². The van der Waals surface area contributed by atoms with Crippen LogP contribution in [0.2, 0.25) is 0 Å². The lowest BCUT2D eigenvalue weighted by Crippen LogP contribution is -2.44. The van der Waals surface area contributed by atoms with Gasteiger partial charge in [-0.1, -0.05) is 60.2 Å². The van der Waals surface area contributed by atoms with Gasteiger partial charge in [-0.2, -0.15) is 4.72 Å². The van der Waals surface area contributed by atoms with E-state index in [1.54, 1.807) is 36.4 Å². The van der Waals surface area contributed by atoms with Crippen molar-refractivity contribution in [3.63, 3.8) is 0 Å². The lowest BCUT2D eigenvalue weighted by Gasteiger charge is -2.30. The highest BCUT2D eigenvalue weighted by molar-refractivity contribution is 7.89. The molecule has 0 fully saturated rings. The number of hydrogen-bond donors (Lipinski definition) is 1. The van der Waals surface area contributed by atoms with Gasteiger partial charge in [-0.25, -0.2) is 8.42 Å². The number of ketones is 1. The zero-order valence-electron chi connectivity index (χ0n) is 13.1. The Kier molecular flexibility index (Phi) is 4.22. The van der Waals surface area contributed by atoms with Crippen LogP contribution in [-0.2, 0) is 20.4 Å². The van der Waals surface area contributed by atoms with E-state index in [1.165, 1.54) is 12.2 Å². The van der Waals surface area contributed by atoms with E-state index in [-0.39, 0.29) is 10.7 Å². The van der Waals surface area contributed by atoms with Gasteiger partial charge in [-0.05, 0) is 36.8 Å². The SMILES string of the molecule is Cc1ccc(S(=O)(=O)NC2(c3ccccc3)C=CC(=O)C=C2)cc1. The summed E-state index contributed by atoms with van der Waals surface area (Å²) >= 11 is 0. The lowest BCUT2D eigenvalue weighted by atomic mass is 9.87. The Morgan fingerprint density at radius 3 is 2.04 bits per heavy atom. The molecule has 24 heavy (non-hydrogen) atoms. The molecule has 0 atom stereocenters. The van der Waals surface area contributed by atoms with Crippen LogP contribution in [0.4, 0.5) is 0 Å². The number of aryl methyl sites for hydroxylation is 1. The van der Waals surface area contributed by atoms with E-state index in [4.69, 9.17) is 0 Å². The molecule has 2 aromatic rings. The highest BCUT2D eigenvalue weighted by atomic mass is 32.2. The van der Waals surface area contributed by atoms with Crippen molar-refractivity contribution in [1.82, 2.24) is 4.72 Å². The third-order valence-electron chi connectivity index (χ3n) is 3.91. The number of nitrogens with one attached hydrogen (secondary N) is 1. The zero-order chi connectivity index (χ0) is 17.2. The summed E-state index contributed by atoms with van der Waals surface area (Å²) in [6, 6.07) is 15.8. The first-order valence-electron chi connectivity index (χ1n) is 7.50. The summed E-state index contributed by atoms with van der Waals surface area (Å²) in [7, 11) is -3.76. The van der Waals surface area contributed by atoms with Gasteiger partial charge in [-0.3, -0.25) is 4.79 Å². The summed E-state index contributed by atoms with van der Waals surface area (Å²) < 4.78 is 28.3. The van der Waals surface area contributed by atoms with E-state index in [0.717, 1.165) is 11.1 Å². The second kappa shape index (κ2) is 6.19. The number of carbonyl (C=O) groups excluding carboxylic acids is 1. The van der Waals surface area contributed by atoms with Crippen LogP contribution in [0, 0.1) is 6.92 Å². The first-order chi connectivity index (χ1) is 11.4. The number of allylic oxidation sites excluding steroid dienone is 2. The molecule has 1 aliphatic rings. The topological polar surface area (TPSA) is 63.2 Å². The van der Waals surface area contributed by atoms with Crippen LogP contribution in [0.25, 0.3) is 0 Å². The van der Waals surface area contributed by atoms with E-state index in [0.29, 0.717) is 0 Å². The second-order valence-corrected chi connectivity index (χ2v) is 7.41. The standard InChI is InChI=1S/C19H17NO3S/c1-15-7-9-18(10-8-15)24(22,23)20-19(13-11-17(21)12-14-19)16-5-3-2-4-6-16/h2-14,20H,1H3. The minimum absolute atomic E-state index is 0.170. The Morgan fingerprint density at radius 1 is 0.875 bits per heavy atom. The molecule has 3 rings (SSSR count). The quantitative estimate of drug-likeness (QED) is 0.932. The molecular weight excluding hydrogens is 322 g/mol. The van der Waals surface area contributed by atoms with E-state index < -0.39 is 15.6 Å². The predicted octanol–water partition coefficient (Wildman–Crippen LogP) is 2.86. The lowest BCUT2D eigenvalue weighted by molar-refractivity contribution is -0.110. The number of carbonyl (C=O) groups is 1. The fourth-order valence-corrected chi connectivity index (χ4v) is 3.88. The smallest absolute Gasteiger partial charge is 0.241 e. The van der Waals surface area contributed by atoms with Gasteiger partial charge in [0.25, 0.3) is 0 Å². The summed E-state index contributed by atoms with van der Waals surface area (Å²) in [4.78, 5) is 11.7. The first-order valence-corrected chi connectivity index (χ1v) is 8.98. The third kappa shape index (κ3) is 3.22. The molecule has 5 heteroatoms. The molecule has 0 amide bonds. The van der Waals surface area contributed by atoms with Gasteiger partial charge in [0.1, 0.15) is 0 Å².